The first kappa shape index (κ1) is 17.0. The Morgan fingerprint density at radius 1 is 1.21 bits per heavy atom. The molecule has 3 atom stereocenters. The van der Waals surface area contributed by atoms with E-state index in [4.69, 9.17) is 0 Å². The number of rotatable bonds is 4. The van der Waals surface area contributed by atoms with Crippen molar-refractivity contribution in [3.8, 4) is 0 Å². The van der Waals surface area contributed by atoms with Gasteiger partial charge in [-0.2, -0.15) is 0 Å². The van der Waals surface area contributed by atoms with Crippen LogP contribution in [0.2, 0.25) is 0 Å². The number of hydrogen-bond donors (Lipinski definition) is 1. The monoisotopic (exact) mass is 328 g/mol. The number of benzene rings is 1. The van der Waals surface area contributed by atoms with Crippen LogP contribution < -0.4 is 5.32 Å². The molecular weight excluding hydrogens is 300 g/mol. The Morgan fingerprint density at radius 3 is 2.75 bits per heavy atom. The largest absolute Gasteiger partial charge is 0.339 e. The number of anilines is 1. The number of nitrogens with zero attached hydrogens (tertiary/aromatic N) is 1. The summed E-state index contributed by atoms with van der Waals surface area (Å²) in [4.78, 5) is 27.3. The molecule has 1 saturated carbocycles. The van der Waals surface area contributed by atoms with Gasteiger partial charge in [-0.3, -0.25) is 9.59 Å². The molecule has 1 N–H and O–H groups in total. The van der Waals surface area contributed by atoms with Gasteiger partial charge < -0.3 is 10.2 Å². The van der Waals surface area contributed by atoms with Gasteiger partial charge in [0.25, 0.3) is 0 Å². The highest BCUT2D eigenvalue weighted by Crippen LogP contribution is 2.42. The van der Waals surface area contributed by atoms with Crippen LogP contribution in [0.15, 0.2) is 18.2 Å². The molecule has 0 radical (unpaired) electrons. The molecule has 2 amide bonds. The normalized spacial score (nSPS) is 26.1. The fourth-order valence-corrected chi connectivity index (χ4v) is 3.78. The maximum atomic E-state index is 12.8. The summed E-state index contributed by atoms with van der Waals surface area (Å²) < 4.78 is 0. The topological polar surface area (TPSA) is 49.4 Å². The number of carbonyl (C=O) groups is 2. The van der Waals surface area contributed by atoms with Crippen molar-refractivity contribution >= 4 is 17.5 Å². The third-order valence-corrected chi connectivity index (χ3v) is 5.48. The highest BCUT2D eigenvalue weighted by atomic mass is 16.2. The molecule has 0 bridgehead atoms. The molecule has 130 valence electrons. The second-order valence-electron chi connectivity index (χ2n) is 7.35. The Balaban J connectivity index is 1.61. The van der Waals surface area contributed by atoms with Gasteiger partial charge in [0.2, 0.25) is 11.8 Å². The van der Waals surface area contributed by atoms with Crippen LogP contribution in [0.1, 0.15) is 50.2 Å². The summed E-state index contributed by atoms with van der Waals surface area (Å²) in [5.74, 6) is -0.0751. The van der Waals surface area contributed by atoms with Gasteiger partial charge in [0.05, 0.1) is 11.8 Å². The lowest BCUT2D eigenvalue weighted by molar-refractivity contribution is -0.137. The minimum atomic E-state index is -0.156. The molecule has 1 aliphatic carbocycles. The van der Waals surface area contributed by atoms with Crippen LogP contribution in [-0.4, -0.2) is 29.3 Å². The lowest BCUT2D eigenvalue weighted by Gasteiger charge is -2.35. The molecule has 3 rings (SSSR count). The first-order chi connectivity index (χ1) is 11.5. The number of carbonyl (C=O) groups excluding carboxylic acids is 2. The maximum Gasteiger partial charge on any atom is 0.228 e. The number of amides is 2. The minimum Gasteiger partial charge on any atom is -0.339 e. The third-order valence-electron chi connectivity index (χ3n) is 5.48. The fourth-order valence-electron chi connectivity index (χ4n) is 3.78. The standard InChI is InChI=1S/C20H28N2O2/c1-4-15-7-5-6-10-22(15)20(24)17-12-16(17)19(23)21-18-11-13(2)8-9-14(18)3/h8-9,11,15-17H,4-7,10,12H2,1-3H3,(H,21,23). The van der Waals surface area contributed by atoms with E-state index in [0.717, 1.165) is 42.6 Å². The van der Waals surface area contributed by atoms with E-state index < -0.39 is 0 Å². The third kappa shape index (κ3) is 3.47. The summed E-state index contributed by atoms with van der Waals surface area (Å²) in [7, 11) is 0. The molecule has 0 spiro atoms. The molecule has 1 saturated heterocycles. The fraction of sp³-hybridized carbons (Fsp3) is 0.600. The first-order valence-electron chi connectivity index (χ1n) is 9.20. The van der Waals surface area contributed by atoms with Crippen molar-refractivity contribution in [1.29, 1.82) is 0 Å². The van der Waals surface area contributed by atoms with E-state index in [1.807, 2.05) is 36.9 Å². The highest BCUT2D eigenvalue weighted by Gasteiger charge is 2.50. The Hall–Kier alpha value is -1.84. The van der Waals surface area contributed by atoms with Crippen LogP contribution in [0.4, 0.5) is 5.69 Å². The van der Waals surface area contributed by atoms with Crippen LogP contribution >= 0.6 is 0 Å². The highest BCUT2D eigenvalue weighted by molar-refractivity contribution is 6.00. The molecule has 4 nitrogen and oxygen atoms in total. The maximum absolute atomic E-state index is 12.8. The summed E-state index contributed by atoms with van der Waals surface area (Å²) in [6.07, 6.45) is 5.12. The van der Waals surface area contributed by atoms with Crippen LogP contribution in [-0.2, 0) is 9.59 Å². The van der Waals surface area contributed by atoms with Gasteiger partial charge >= 0.3 is 0 Å². The predicted molar refractivity (Wildman–Crippen MR) is 95.8 cm³/mol. The number of likely N-dealkylation sites (tertiary alicyclic amines) is 1. The second kappa shape index (κ2) is 6.96. The number of hydrogen-bond acceptors (Lipinski definition) is 2. The lowest BCUT2D eigenvalue weighted by atomic mass is 9.99. The Morgan fingerprint density at radius 2 is 2.00 bits per heavy atom. The summed E-state index contributed by atoms with van der Waals surface area (Å²) >= 11 is 0. The molecule has 1 aromatic rings. The molecule has 2 aliphatic rings. The van der Waals surface area contributed by atoms with E-state index in [-0.39, 0.29) is 23.7 Å². The Labute approximate surface area is 144 Å². The van der Waals surface area contributed by atoms with Crippen LogP contribution in [0.25, 0.3) is 0 Å². The molecule has 1 heterocycles. The van der Waals surface area contributed by atoms with E-state index in [1.54, 1.807) is 0 Å². The van der Waals surface area contributed by atoms with E-state index in [9.17, 15) is 9.59 Å². The van der Waals surface area contributed by atoms with Gasteiger partial charge in [0, 0.05) is 18.3 Å². The summed E-state index contributed by atoms with van der Waals surface area (Å²) in [5.41, 5.74) is 3.04. The van der Waals surface area contributed by atoms with Crippen molar-refractivity contribution in [1.82, 2.24) is 4.90 Å². The van der Waals surface area contributed by atoms with Gasteiger partial charge in [0.1, 0.15) is 0 Å². The van der Waals surface area contributed by atoms with Crippen molar-refractivity contribution in [3.63, 3.8) is 0 Å². The number of aryl methyl sites for hydroxylation is 2. The van der Waals surface area contributed by atoms with E-state index in [1.165, 1.54) is 6.42 Å². The van der Waals surface area contributed by atoms with E-state index in [2.05, 4.69) is 12.2 Å². The van der Waals surface area contributed by atoms with Crippen LogP contribution in [0.5, 0.6) is 0 Å². The van der Waals surface area contributed by atoms with Crippen molar-refractivity contribution < 1.29 is 9.59 Å². The molecule has 1 aliphatic heterocycles. The number of nitrogens with one attached hydrogen (secondary N) is 1. The zero-order valence-corrected chi connectivity index (χ0v) is 15.0. The lowest BCUT2D eigenvalue weighted by Crippen LogP contribution is -2.44. The van der Waals surface area contributed by atoms with Crippen molar-refractivity contribution in [2.45, 2.75) is 58.9 Å². The van der Waals surface area contributed by atoms with Crippen molar-refractivity contribution in [2.24, 2.45) is 11.8 Å². The smallest absolute Gasteiger partial charge is 0.228 e. The summed E-state index contributed by atoms with van der Waals surface area (Å²) in [6.45, 7) is 7.01. The van der Waals surface area contributed by atoms with Gasteiger partial charge in [-0.1, -0.05) is 19.1 Å². The molecule has 24 heavy (non-hydrogen) atoms. The average Bonchev–Trinajstić information content (AvgIpc) is 3.38. The zero-order valence-electron chi connectivity index (χ0n) is 15.0. The molecule has 4 heteroatoms. The Kier molecular flexibility index (Phi) is 4.93. The molecule has 1 aromatic carbocycles. The van der Waals surface area contributed by atoms with Crippen molar-refractivity contribution in [2.75, 3.05) is 11.9 Å². The zero-order chi connectivity index (χ0) is 17.3. The van der Waals surface area contributed by atoms with Crippen LogP contribution in [0, 0.1) is 25.7 Å². The van der Waals surface area contributed by atoms with Gasteiger partial charge in [-0.15, -0.1) is 0 Å². The van der Waals surface area contributed by atoms with Crippen molar-refractivity contribution in [3.05, 3.63) is 29.3 Å². The predicted octanol–water partition coefficient (Wildman–Crippen LogP) is 3.67. The van der Waals surface area contributed by atoms with Gasteiger partial charge in [0.15, 0.2) is 0 Å². The molecule has 2 fully saturated rings. The van der Waals surface area contributed by atoms with Gasteiger partial charge in [-0.05, 0) is 63.1 Å². The van der Waals surface area contributed by atoms with E-state index in [0.29, 0.717) is 12.5 Å². The molecule has 0 aromatic heterocycles. The van der Waals surface area contributed by atoms with Crippen LogP contribution in [0.3, 0.4) is 0 Å². The molecule has 3 unspecified atom stereocenters. The van der Waals surface area contributed by atoms with Gasteiger partial charge in [-0.25, -0.2) is 0 Å². The SMILES string of the molecule is CCC1CCCCN1C(=O)C1CC1C(=O)Nc1cc(C)ccc1C. The second-order valence-corrected chi connectivity index (χ2v) is 7.35. The first-order valence-corrected chi connectivity index (χ1v) is 9.20. The molecular formula is C20H28N2O2. The Bertz CT molecular complexity index is 641. The summed E-state index contributed by atoms with van der Waals surface area (Å²) in [5, 5.41) is 3.02. The average molecular weight is 328 g/mol. The van der Waals surface area contributed by atoms with E-state index >= 15 is 0 Å². The minimum absolute atomic E-state index is 0.00731. The quantitative estimate of drug-likeness (QED) is 0.917. The number of piperidine rings is 1. The summed E-state index contributed by atoms with van der Waals surface area (Å²) in [6, 6.07) is 6.41.